The number of nitrogens with zero attached hydrogens (tertiary/aromatic N) is 4. The van der Waals surface area contributed by atoms with Crippen molar-refractivity contribution in [2.75, 3.05) is 19.0 Å². The van der Waals surface area contributed by atoms with E-state index in [1.165, 1.54) is 0 Å². The summed E-state index contributed by atoms with van der Waals surface area (Å²) >= 11 is 0. The molecule has 0 radical (unpaired) electrons. The molecule has 0 saturated carbocycles. The number of pyridine rings is 1. The van der Waals surface area contributed by atoms with E-state index in [2.05, 4.69) is 21.6 Å². The van der Waals surface area contributed by atoms with Gasteiger partial charge in [0.05, 0.1) is 36.7 Å². The van der Waals surface area contributed by atoms with Crippen LogP contribution in [0.3, 0.4) is 0 Å². The van der Waals surface area contributed by atoms with E-state index in [0.717, 1.165) is 29.9 Å². The molecule has 3 aromatic heterocycles. The number of rotatable bonds is 6. The third kappa shape index (κ3) is 2.65. The van der Waals surface area contributed by atoms with Gasteiger partial charge < -0.3 is 10.1 Å². The third-order valence-electron chi connectivity index (χ3n) is 3.15. The van der Waals surface area contributed by atoms with Crippen molar-refractivity contribution in [1.29, 1.82) is 0 Å². The normalized spacial score (nSPS) is 11.1. The van der Waals surface area contributed by atoms with Crippen LogP contribution < -0.4 is 5.32 Å². The fourth-order valence-electron chi connectivity index (χ4n) is 2.08. The van der Waals surface area contributed by atoms with Crippen molar-refractivity contribution < 1.29 is 4.74 Å². The van der Waals surface area contributed by atoms with Crippen molar-refractivity contribution in [3.63, 3.8) is 0 Å². The van der Waals surface area contributed by atoms with Crippen LogP contribution in [-0.2, 0) is 17.8 Å². The van der Waals surface area contributed by atoms with Crippen LogP contribution in [0.1, 0.15) is 5.56 Å². The fourth-order valence-corrected chi connectivity index (χ4v) is 2.08. The second kappa shape index (κ2) is 5.75. The first-order valence-electron chi connectivity index (χ1n) is 6.53. The number of methoxy groups -OCH3 is 1. The molecule has 1 N–H and O–H groups in total. The summed E-state index contributed by atoms with van der Waals surface area (Å²) in [6.45, 7) is 2.15. The fraction of sp³-hybridized carbons (Fsp3) is 0.286. The van der Waals surface area contributed by atoms with Crippen LogP contribution in [0.4, 0.5) is 5.69 Å². The Morgan fingerprint density at radius 1 is 1.25 bits per heavy atom. The minimum atomic E-state index is 0.662. The molecule has 0 fully saturated rings. The number of hydrogen-bond donors (Lipinski definition) is 1. The molecule has 0 aliphatic heterocycles. The molecule has 3 heterocycles. The lowest BCUT2D eigenvalue weighted by Gasteiger charge is -2.02. The number of anilines is 1. The van der Waals surface area contributed by atoms with Crippen molar-refractivity contribution in [3.05, 3.63) is 48.5 Å². The van der Waals surface area contributed by atoms with E-state index in [4.69, 9.17) is 4.74 Å². The summed E-state index contributed by atoms with van der Waals surface area (Å²) in [6.07, 6.45) is 7.63. The minimum Gasteiger partial charge on any atom is -0.383 e. The Morgan fingerprint density at radius 2 is 2.20 bits per heavy atom. The van der Waals surface area contributed by atoms with Gasteiger partial charge in [0.25, 0.3) is 0 Å². The average molecular weight is 271 g/mol. The third-order valence-corrected chi connectivity index (χ3v) is 3.15. The van der Waals surface area contributed by atoms with Crippen LogP contribution in [0.25, 0.3) is 5.52 Å². The van der Waals surface area contributed by atoms with Gasteiger partial charge in [0.1, 0.15) is 0 Å². The van der Waals surface area contributed by atoms with Crippen LogP contribution >= 0.6 is 0 Å². The van der Waals surface area contributed by atoms with Crippen LogP contribution in [0, 0.1) is 0 Å². The van der Waals surface area contributed by atoms with Crippen LogP contribution in [-0.4, -0.2) is 33.1 Å². The van der Waals surface area contributed by atoms with Gasteiger partial charge in [-0.15, -0.1) is 0 Å². The van der Waals surface area contributed by atoms with E-state index < -0.39 is 0 Å². The van der Waals surface area contributed by atoms with Gasteiger partial charge >= 0.3 is 0 Å². The molecule has 0 spiro atoms. The van der Waals surface area contributed by atoms with Crippen molar-refractivity contribution in [1.82, 2.24) is 19.4 Å². The highest BCUT2D eigenvalue weighted by molar-refractivity contribution is 5.55. The Morgan fingerprint density at radius 3 is 3.10 bits per heavy atom. The Hall–Kier alpha value is -2.34. The van der Waals surface area contributed by atoms with Crippen molar-refractivity contribution in [3.8, 4) is 0 Å². The van der Waals surface area contributed by atoms with Gasteiger partial charge in [-0.2, -0.15) is 10.2 Å². The lowest BCUT2D eigenvalue weighted by molar-refractivity contribution is 0.183. The number of nitrogens with one attached hydrogen (secondary N) is 1. The van der Waals surface area contributed by atoms with E-state index in [-0.39, 0.29) is 0 Å². The molecule has 6 nitrogen and oxygen atoms in total. The monoisotopic (exact) mass is 271 g/mol. The van der Waals surface area contributed by atoms with Crippen molar-refractivity contribution >= 4 is 11.2 Å². The zero-order valence-corrected chi connectivity index (χ0v) is 11.4. The van der Waals surface area contributed by atoms with Crippen molar-refractivity contribution in [2.24, 2.45) is 0 Å². The predicted octanol–water partition coefficient (Wildman–Crippen LogP) is 1.79. The summed E-state index contributed by atoms with van der Waals surface area (Å²) in [4.78, 5) is 0. The lowest BCUT2D eigenvalue weighted by atomic mass is 10.2. The summed E-state index contributed by atoms with van der Waals surface area (Å²) in [6, 6.07) is 6.05. The topological polar surface area (TPSA) is 56.4 Å². The summed E-state index contributed by atoms with van der Waals surface area (Å²) in [5, 5.41) is 11.9. The summed E-state index contributed by atoms with van der Waals surface area (Å²) in [5.41, 5.74) is 3.28. The number of aromatic nitrogens is 4. The molecular weight excluding hydrogens is 254 g/mol. The smallest absolute Gasteiger partial charge is 0.0729 e. The highest BCUT2D eigenvalue weighted by Gasteiger charge is 2.04. The van der Waals surface area contributed by atoms with Gasteiger partial charge in [0.2, 0.25) is 0 Å². The summed E-state index contributed by atoms with van der Waals surface area (Å²) in [5.74, 6) is 0. The number of fused-ring (bicyclic) bond motifs is 1. The van der Waals surface area contributed by atoms with Crippen molar-refractivity contribution in [2.45, 2.75) is 13.1 Å². The minimum absolute atomic E-state index is 0.662. The molecule has 0 aliphatic rings. The molecule has 20 heavy (non-hydrogen) atoms. The Bertz CT molecular complexity index is 688. The first-order chi connectivity index (χ1) is 9.86. The first-order valence-corrected chi connectivity index (χ1v) is 6.53. The van der Waals surface area contributed by atoms with Gasteiger partial charge in [0, 0.05) is 31.6 Å². The second-order valence-corrected chi connectivity index (χ2v) is 4.54. The van der Waals surface area contributed by atoms with Gasteiger partial charge in [-0.05, 0) is 12.1 Å². The van der Waals surface area contributed by atoms with E-state index in [0.29, 0.717) is 6.61 Å². The highest BCUT2D eigenvalue weighted by Crippen LogP contribution is 2.13. The molecule has 3 rings (SSSR count). The molecule has 3 aromatic rings. The maximum absolute atomic E-state index is 5.03. The molecule has 0 aliphatic carbocycles. The lowest BCUT2D eigenvalue weighted by Crippen LogP contribution is -2.04. The van der Waals surface area contributed by atoms with E-state index in [9.17, 15) is 0 Å². The average Bonchev–Trinajstić information content (AvgIpc) is 3.10. The van der Waals surface area contributed by atoms with E-state index in [1.807, 2.05) is 46.1 Å². The second-order valence-electron chi connectivity index (χ2n) is 4.54. The maximum atomic E-state index is 5.03. The molecule has 6 heteroatoms. The quantitative estimate of drug-likeness (QED) is 0.742. The molecule has 104 valence electrons. The van der Waals surface area contributed by atoms with Gasteiger partial charge in [-0.1, -0.05) is 6.07 Å². The van der Waals surface area contributed by atoms with E-state index in [1.54, 1.807) is 7.11 Å². The molecule has 0 saturated heterocycles. The predicted molar refractivity (Wildman–Crippen MR) is 76.6 cm³/mol. The molecule has 0 bridgehead atoms. The molecular formula is C14H17N5O. The van der Waals surface area contributed by atoms with Crippen LogP contribution in [0.15, 0.2) is 43.0 Å². The maximum Gasteiger partial charge on any atom is 0.0729 e. The zero-order chi connectivity index (χ0) is 13.8. The zero-order valence-electron chi connectivity index (χ0n) is 11.4. The standard InChI is InChI=1S/C14H17N5O/c1-20-7-6-18-11-13(10-16-18)15-8-12-9-17-19-5-3-2-4-14(12)19/h2-5,9-11,15H,6-8H2,1H3. The first kappa shape index (κ1) is 12.7. The summed E-state index contributed by atoms with van der Waals surface area (Å²) < 4.78 is 8.77. The van der Waals surface area contributed by atoms with Gasteiger partial charge in [0.15, 0.2) is 0 Å². The highest BCUT2D eigenvalue weighted by atomic mass is 16.5. The van der Waals surface area contributed by atoms with Gasteiger partial charge in [-0.25, -0.2) is 4.52 Å². The number of ether oxygens (including phenoxy) is 1. The Kier molecular flexibility index (Phi) is 3.64. The molecule has 0 unspecified atom stereocenters. The largest absolute Gasteiger partial charge is 0.383 e. The molecule has 0 atom stereocenters. The van der Waals surface area contributed by atoms with E-state index >= 15 is 0 Å². The van der Waals surface area contributed by atoms with Gasteiger partial charge in [-0.3, -0.25) is 4.68 Å². The van der Waals surface area contributed by atoms with Crippen LogP contribution in [0.5, 0.6) is 0 Å². The Balaban J connectivity index is 1.65. The van der Waals surface area contributed by atoms with Crippen LogP contribution in [0.2, 0.25) is 0 Å². The SMILES string of the molecule is COCCn1cc(NCc2cnn3ccccc23)cn1. The number of hydrogen-bond acceptors (Lipinski definition) is 4. The molecule has 0 aromatic carbocycles. The Labute approximate surface area is 117 Å². The molecule has 0 amide bonds. The summed E-state index contributed by atoms with van der Waals surface area (Å²) in [7, 11) is 1.69.